The van der Waals surface area contributed by atoms with Crippen LogP contribution in [-0.4, -0.2) is 21.5 Å². The monoisotopic (exact) mass is 209 g/mol. The fourth-order valence-electron chi connectivity index (χ4n) is 2.31. The molecule has 0 amide bonds. The Hall–Kier alpha value is -1.03. The van der Waals surface area contributed by atoms with Crippen LogP contribution in [0.4, 0.5) is 5.82 Å². The lowest BCUT2D eigenvalue weighted by molar-refractivity contribution is 0.288. The summed E-state index contributed by atoms with van der Waals surface area (Å²) in [6, 6.07) is 0.507. The van der Waals surface area contributed by atoms with Crippen molar-refractivity contribution in [3.05, 3.63) is 11.8 Å². The van der Waals surface area contributed by atoms with Crippen LogP contribution in [0, 0.1) is 0 Å². The van der Waals surface area contributed by atoms with Crippen LogP contribution in [0.15, 0.2) is 6.20 Å². The normalized spacial score (nSPS) is 17.4. The van der Waals surface area contributed by atoms with Crippen molar-refractivity contribution in [2.24, 2.45) is 0 Å². The second-order valence-corrected chi connectivity index (χ2v) is 4.27. The molecule has 0 spiro atoms. The lowest BCUT2D eigenvalue weighted by Gasteiger charge is -2.12. The molecule has 1 aromatic heterocycles. The molecule has 1 aliphatic rings. The smallest absolute Gasteiger partial charge is 0.125 e. The topological polar surface area (TPSA) is 64.1 Å². The van der Waals surface area contributed by atoms with Crippen molar-refractivity contribution < 1.29 is 5.11 Å². The number of aryl methyl sites for hydroxylation is 1. The first-order valence-corrected chi connectivity index (χ1v) is 5.75. The van der Waals surface area contributed by atoms with Crippen molar-refractivity contribution >= 4 is 5.82 Å². The van der Waals surface area contributed by atoms with Gasteiger partial charge in [0.25, 0.3) is 0 Å². The number of nitrogen functional groups attached to an aromatic ring is 1. The van der Waals surface area contributed by atoms with Gasteiger partial charge in [0.2, 0.25) is 0 Å². The average Bonchev–Trinajstić information content (AvgIpc) is 2.84. The highest BCUT2D eigenvalue weighted by Crippen LogP contribution is 2.31. The van der Waals surface area contributed by atoms with Gasteiger partial charge in [-0.1, -0.05) is 12.8 Å². The first kappa shape index (κ1) is 10.5. The summed E-state index contributed by atoms with van der Waals surface area (Å²) in [5.41, 5.74) is 7.12. The standard InChI is InChI=1S/C11H19N3O/c12-11-9(4-3-7-15)8-13-14(11)10-5-1-2-6-10/h8,10,15H,1-7,12H2. The molecule has 4 nitrogen and oxygen atoms in total. The summed E-state index contributed by atoms with van der Waals surface area (Å²) < 4.78 is 1.97. The number of rotatable bonds is 4. The zero-order valence-electron chi connectivity index (χ0n) is 9.02. The van der Waals surface area contributed by atoms with Gasteiger partial charge in [0, 0.05) is 12.2 Å². The predicted molar refractivity (Wildman–Crippen MR) is 59.6 cm³/mol. The summed E-state index contributed by atoms with van der Waals surface area (Å²) in [6.07, 6.45) is 8.42. The highest BCUT2D eigenvalue weighted by molar-refractivity contribution is 5.39. The Balaban J connectivity index is 2.08. The number of nitrogens with two attached hydrogens (primary N) is 1. The Morgan fingerprint density at radius 3 is 2.87 bits per heavy atom. The van der Waals surface area contributed by atoms with Gasteiger partial charge < -0.3 is 10.8 Å². The molecule has 1 fully saturated rings. The van der Waals surface area contributed by atoms with Crippen LogP contribution in [0.2, 0.25) is 0 Å². The van der Waals surface area contributed by atoms with E-state index >= 15 is 0 Å². The third-order valence-electron chi connectivity index (χ3n) is 3.19. The molecule has 4 heteroatoms. The van der Waals surface area contributed by atoms with Gasteiger partial charge in [-0.25, -0.2) is 4.68 Å². The highest BCUT2D eigenvalue weighted by Gasteiger charge is 2.20. The number of hydrogen-bond acceptors (Lipinski definition) is 3. The molecule has 0 unspecified atom stereocenters. The van der Waals surface area contributed by atoms with Crippen LogP contribution in [-0.2, 0) is 6.42 Å². The lowest BCUT2D eigenvalue weighted by Crippen LogP contribution is -2.10. The van der Waals surface area contributed by atoms with Gasteiger partial charge in [0.1, 0.15) is 5.82 Å². The van der Waals surface area contributed by atoms with E-state index in [1.807, 2.05) is 10.9 Å². The molecule has 0 bridgehead atoms. The Morgan fingerprint density at radius 1 is 1.47 bits per heavy atom. The number of nitrogens with zero attached hydrogens (tertiary/aromatic N) is 2. The molecule has 0 aliphatic heterocycles. The zero-order valence-corrected chi connectivity index (χ0v) is 9.02. The van der Waals surface area contributed by atoms with Crippen molar-refractivity contribution in [3.8, 4) is 0 Å². The van der Waals surface area contributed by atoms with Crippen LogP contribution < -0.4 is 5.73 Å². The van der Waals surface area contributed by atoms with Crippen LogP contribution in [0.3, 0.4) is 0 Å². The quantitative estimate of drug-likeness (QED) is 0.790. The average molecular weight is 209 g/mol. The minimum Gasteiger partial charge on any atom is -0.396 e. The van der Waals surface area contributed by atoms with Crippen molar-refractivity contribution in [3.63, 3.8) is 0 Å². The van der Waals surface area contributed by atoms with Gasteiger partial charge in [0.15, 0.2) is 0 Å². The van der Waals surface area contributed by atoms with Gasteiger partial charge in [-0.15, -0.1) is 0 Å². The predicted octanol–water partition coefficient (Wildman–Crippen LogP) is 1.51. The molecule has 0 atom stereocenters. The van der Waals surface area contributed by atoms with Crippen LogP contribution in [0.25, 0.3) is 0 Å². The molecular formula is C11H19N3O. The molecule has 3 N–H and O–H groups in total. The first-order chi connectivity index (χ1) is 7.33. The van der Waals surface area contributed by atoms with Crippen molar-refractivity contribution in [1.29, 1.82) is 0 Å². The van der Waals surface area contributed by atoms with Gasteiger partial charge in [-0.3, -0.25) is 0 Å². The Morgan fingerprint density at radius 2 is 2.20 bits per heavy atom. The van der Waals surface area contributed by atoms with Gasteiger partial charge in [-0.2, -0.15) is 5.10 Å². The van der Waals surface area contributed by atoms with Gasteiger partial charge >= 0.3 is 0 Å². The minimum atomic E-state index is 0.216. The molecule has 1 heterocycles. The Kier molecular flexibility index (Phi) is 3.26. The first-order valence-electron chi connectivity index (χ1n) is 5.75. The van der Waals surface area contributed by atoms with Crippen LogP contribution in [0.1, 0.15) is 43.7 Å². The van der Waals surface area contributed by atoms with Gasteiger partial charge in [0.05, 0.1) is 12.2 Å². The maximum absolute atomic E-state index is 8.77. The van der Waals surface area contributed by atoms with E-state index in [1.54, 1.807) is 0 Å². The van der Waals surface area contributed by atoms with E-state index in [2.05, 4.69) is 5.10 Å². The summed E-state index contributed by atoms with van der Waals surface area (Å²) in [4.78, 5) is 0. The van der Waals surface area contributed by atoms with Crippen molar-refractivity contribution in [2.45, 2.75) is 44.6 Å². The minimum absolute atomic E-state index is 0.216. The molecule has 2 rings (SSSR count). The Bertz CT molecular complexity index is 316. The largest absolute Gasteiger partial charge is 0.396 e. The highest BCUT2D eigenvalue weighted by atomic mass is 16.2. The molecule has 15 heavy (non-hydrogen) atoms. The number of aromatic nitrogens is 2. The summed E-state index contributed by atoms with van der Waals surface area (Å²) in [5.74, 6) is 0.801. The van der Waals surface area contributed by atoms with E-state index < -0.39 is 0 Å². The maximum Gasteiger partial charge on any atom is 0.125 e. The lowest BCUT2D eigenvalue weighted by atomic mass is 10.2. The zero-order chi connectivity index (χ0) is 10.7. The van der Waals surface area contributed by atoms with Crippen LogP contribution >= 0.6 is 0 Å². The molecule has 84 valence electrons. The number of hydrogen-bond donors (Lipinski definition) is 2. The third-order valence-corrected chi connectivity index (χ3v) is 3.19. The van der Waals surface area contributed by atoms with Crippen molar-refractivity contribution in [1.82, 2.24) is 9.78 Å². The molecule has 0 saturated heterocycles. The van der Waals surface area contributed by atoms with Crippen LogP contribution in [0.5, 0.6) is 0 Å². The second-order valence-electron chi connectivity index (χ2n) is 4.27. The van der Waals surface area contributed by atoms with E-state index in [4.69, 9.17) is 10.8 Å². The molecule has 1 aromatic rings. The maximum atomic E-state index is 8.77. The van der Waals surface area contributed by atoms with Gasteiger partial charge in [-0.05, 0) is 25.7 Å². The summed E-state index contributed by atoms with van der Waals surface area (Å²) in [5, 5.41) is 13.1. The Labute approximate surface area is 90.1 Å². The third kappa shape index (κ3) is 2.15. The van der Waals surface area contributed by atoms with Crippen molar-refractivity contribution in [2.75, 3.05) is 12.3 Å². The SMILES string of the molecule is Nc1c(CCCO)cnn1C1CCCC1. The number of aliphatic hydroxyl groups excluding tert-OH is 1. The number of aliphatic hydroxyl groups is 1. The summed E-state index contributed by atoms with van der Waals surface area (Å²) >= 11 is 0. The fraction of sp³-hybridized carbons (Fsp3) is 0.727. The second kappa shape index (κ2) is 4.66. The summed E-state index contributed by atoms with van der Waals surface area (Å²) in [6.45, 7) is 0.216. The fourth-order valence-corrected chi connectivity index (χ4v) is 2.31. The van der Waals surface area contributed by atoms with E-state index in [0.717, 1.165) is 24.2 Å². The molecular weight excluding hydrogens is 190 g/mol. The molecule has 1 aliphatic carbocycles. The van der Waals surface area contributed by atoms with E-state index in [0.29, 0.717) is 6.04 Å². The molecule has 0 radical (unpaired) electrons. The van der Waals surface area contributed by atoms with E-state index in [9.17, 15) is 0 Å². The molecule has 0 aromatic carbocycles. The summed E-state index contributed by atoms with van der Waals surface area (Å²) in [7, 11) is 0. The van der Waals surface area contributed by atoms with E-state index in [1.165, 1.54) is 25.7 Å². The van der Waals surface area contributed by atoms with E-state index in [-0.39, 0.29) is 6.61 Å². The molecule has 1 saturated carbocycles. The number of anilines is 1.